The number of piperazine rings is 1. The molecule has 4 heterocycles. The lowest BCUT2D eigenvalue weighted by Gasteiger charge is -2.45. The Morgan fingerprint density at radius 3 is 2.67 bits per heavy atom. The van der Waals surface area contributed by atoms with E-state index in [0.717, 1.165) is 76.3 Å². The summed E-state index contributed by atoms with van der Waals surface area (Å²) in [4.78, 5) is 20.0. The molecule has 1 N–H and O–H groups in total. The van der Waals surface area contributed by atoms with Crippen LogP contribution in [0.3, 0.4) is 0 Å². The van der Waals surface area contributed by atoms with E-state index in [1.54, 1.807) is 0 Å². The Kier molecular flexibility index (Phi) is 11.3. The first-order chi connectivity index (χ1) is 23.5. The Labute approximate surface area is 286 Å². The minimum Gasteiger partial charge on any atom is -0.462 e. The number of likely N-dealkylation sites (N-methyl/N-ethyl adjacent to an activating group) is 1. The molecule has 3 aliphatic rings. The molecule has 3 aliphatic heterocycles. The van der Waals surface area contributed by atoms with E-state index in [1.807, 2.05) is 0 Å². The topological polar surface area (TPSA) is 92.0 Å². The third-order valence-corrected chi connectivity index (χ3v) is 10.6. The number of hydrogen-bond donors (Lipinski definition) is 1. The van der Waals surface area contributed by atoms with Crippen LogP contribution >= 0.6 is 0 Å². The molecule has 48 heavy (non-hydrogen) atoms. The second-order valence-corrected chi connectivity index (χ2v) is 13.7. The average molecular weight is 650 g/mol. The van der Waals surface area contributed by atoms with Crippen LogP contribution in [0.15, 0.2) is 36.4 Å². The number of aromatic nitrogens is 2. The fourth-order valence-corrected chi connectivity index (χ4v) is 7.95. The quantitative estimate of drug-likeness (QED) is 0.277. The molecule has 2 fully saturated rings. The van der Waals surface area contributed by atoms with Gasteiger partial charge in [-0.3, -0.25) is 4.90 Å². The fourth-order valence-electron chi connectivity index (χ4n) is 7.95. The molecule has 3 atom stereocenters. The number of ether oxygens (including phenoxy) is 1. The van der Waals surface area contributed by atoms with Gasteiger partial charge in [0.05, 0.1) is 24.7 Å². The minimum atomic E-state index is -0.117. The Balaban J connectivity index is 1.31. The van der Waals surface area contributed by atoms with Crippen molar-refractivity contribution in [1.82, 2.24) is 19.8 Å². The van der Waals surface area contributed by atoms with Gasteiger partial charge in [-0.05, 0) is 63.2 Å². The van der Waals surface area contributed by atoms with E-state index in [1.165, 1.54) is 34.0 Å². The van der Waals surface area contributed by atoms with Crippen LogP contribution in [0.25, 0.3) is 10.8 Å². The molecule has 0 aliphatic carbocycles. The second-order valence-electron chi connectivity index (χ2n) is 13.7. The van der Waals surface area contributed by atoms with Crippen LogP contribution < -0.4 is 14.5 Å². The number of likely N-dealkylation sites (tertiary alicyclic amines) is 1. The molecule has 2 saturated heterocycles. The van der Waals surface area contributed by atoms with Crippen molar-refractivity contribution in [2.45, 2.75) is 89.9 Å². The summed E-state index contributed by atoms with van der Waals surface area (Å²) in [6.07, 6.45) is 7.60. The van der Waals surface area contributed by atoms with Gasteiger partial charge in [0, 0.05) is 67.4 Å². The van der Waals surface area contributed by atoms with Crippen LogP contribution in [0, 0.1) is 30.1 Å². The zero-order valence-corrected chi connectivity index (χ0v) is 29.0. The molecular weight excluding hydrogens is 598 g/mol. The van der Waals surface area contributed by atoms with E-state index in [4.69, 9.17) is 14.7 Å². The van der Waals surface area contributed by atoms with Gasteiger partial charge < -0.3 is 24.5 Å². The first-order valence-corrected chi connectivity index (χ1v) is 17.9. The standard InChI is InChI=1S/C39H51N7O2/c1-4-5-14-31(15-6-7-25-47)46-24-23-45(26-32(46)18-20-40)38-34-19-22-44(36-17-9-13-30-12-8-11-29(2)37(30)36)27-35(34)41-39(42-38)48-28-33-16-10-21-43(33)3/h8-9,11-13,17,31-33,47H,4-5,10,14-16,18-19,21-28H2,1-3H3/t31?,32-,33-/m0/s1. The van der Waals surface area contributed by atoms with Gasteiger partial charge in [-0.2, -0.15) is 15.2 Å². The van der Waals surface area contributed by atoms with Gasteiger partial charge in [-0.25, -0.2) is 0 Å². The number of aryl methyl sites for hydroxylation is 1. The van der Waals surface area contributed by atoms with Crippen molar-refractivity contribution in [2.75, 3.05) is 62.8 Å². The zero-order chi connectivity index (χ0) is 33.5. The SMILES string of the molecule is CCCCC(CC#CCO)N1CCN(c2nc(OC[C@@H]3CCCN3C)nc3c2CCN(c2cccc4cccc(C)c24)C3)C[C@@H]1CC#N. The number of anilines is 2. The van der Waals surface area contributed by atoms with Crippen LogP contribution in [0.5, 0.6) is 6.01 Å². The number of aliphatic hydroxyl groups is 1. The van der Waals surface area contributed by atoms with Crippen LogP contribution in [0.2, 0.25) is 0 Å². The first-order valence-electron chi connectivity index (χ1n) is 17.9. The maximum atomic E-state index is 9.92. The molecule has 1 aromatic heterocycles. The third kappa shape index (κ3) is 7.55. The number of aliphatic hydroxyl groups excluding tert-OH is 1. The van der Waals surface area contributed by atoms with Gasteiger partial charge in [0.15, 0.2) is 0 Å². The molecule has 0 spiro atoms. The highest BCUT2D eigenvalue weighted by Gasteiger charge is 2.35. The number of nitrogens with zero attached hydrogens (tertiary/aromatic N) is 7. The van der Waals surface area contributed by atoms with Crippen molar-refractivity contribution in [2.24, 2.45) is 0 Å². The molecular formula is C39H51N7O2. The van der Waals surface area contributed by atoms with Gasteiger partial charge in [0.1, 0.15) is 19.0 Å². The summed E-state index contributed by atoms with van der Waals surface area (Å²) in [5.74, 6) is 7.00. The minimum absolute atomic E-state index is 0.0717. The summed E-state index contributed by atoms with van der Waals surface area (Å²) in [6, 6.07) is 16.8. The number of hydrogen-bond acceptors (Lipinski definition) is 9. The summed E-state index contributed by atoms with van der Waals surface area (Å²) in [5.41, 5.74) is 4.76. The van der Waals surface area contributed by atoms with Gasteiger partial charge in [-0.15, -0.1) is 0 Å². The van der Waals surface area contributed by atoms with Crippen LogP contribution in [0.4, 0.5) is 11.5 Å². The number of rotatable bonds is 11. The van der Waals surface area contributed by atoms with Crippen molar-refractivity contribution in [3.8, 4) is 23.9 Å². The number of nitriles is 1. The van der Waals surface area contributed by atoms with Gasteiger partial charge in [0.2, 0.25) is 0 Å². The van der Waals surface area contributed by atoms with Gasteiger partial charge in [-0.1, -0.05) is 61.9 Å². The Morgan fingerprint density at radius 2 is 1.90 bits per heavy atom. The van der Waals surface area contributed by atoms with Crippen LogP contribution in [0.1, 0.15) is 68.7 Å². The third-order valence-electron chi connectivity index (χ3n) is 10.6. The Hall–Kier alpha value is -3.89. The Morgan fingerprint density at radius 1 is 1.04 bits per heavy atom. The lowest BCUT2D eigenvalue weighted by atomic mass is 9.98. The van der Waals surface area contributed by atoms with Crippen molar-refractivity contribution < 1.29 is 9.84 Å². The largest absolute Gasteiger partial charge is 0.462 e. The lowest BCUT2D eigenvalue weighted by Crippen LogP contribution is -2.57. The first kappa shape index (κ1) is 34.0. The van der Waals surface area contributed by atoms with E-state index >= 15 is 0 Å². The number of unbranched alkanes of at least 4 members (excludes halogenated alkanes) is 1. The van der Waals surface area contributed by atoms with E-state index in [2.05, 4.69) is 94.8 Å². The van der Waals surface area contributed by atoms with Crippen molar-refractivity contribution >= 4 is 22.3 Å². The number of fused-ring (bicyclic) bond motifs is 2. The molecule has 1 unspecified atom stereocenters. The molecule has 0 bridgehead atoms. The molecule has 254 valence electrons. The van der Waals surface area contributed by atoms with E-state index in [0.29, 0.717) is 38.0 Å². The van der Waals surface area contributed by atoms with E-state index in [9.17, 15) is 10.4 Å². The molecule has 9 heteroatoms. The predicted molar refractivity (Wildman–Crippen MR) is 192 cm³/mol. The lowest BCUT2D eigenvalue weighted by molar-refractivity contribution is 0.113. The van der Waals surface area contributed by atoms with Gasteiger partial charge >= 0.3 is 6.01 Å². The second kappa shape index (κ2) is 16.0. The van der Waals surface area contributed by atoms with E-state index in [-0.39, 0.29) is 18.7 Å². The molecule has 6 rings (SSSR count). The van der Waals surface area contributed by atoms with Crippen LogP contribution in [-0.2, 0) is 13.0 Å². The molecule has 2 aromatic carbocycles. The summed E-state index contributed by atoms with van der Waals surface area (Å²) in [7, 11) is 2.17. The summed E-state index contributed by atoms with van der Waals surface area (Å²) < 4.78 is 6.41. The van der Waals surface area contributed by atoms with Gasteiger partial charge in [0.25, 0.3) is 0 Å². The maximum absolute atomic E-state index is 9.92. The molecule has 0 saturated carbocycles. The Bertz CT molecular complexity index is 1650. The highest BCUT2D eigenvalue weighted by Crippen LogP contribution is 2.36. The fraction of sp³-hybridized carbons (Fsp3) is 0.564. The molecule has 9 nitrogen and oxygen atoms in total. The molecule has 3 aromatic rings. The normalized spacial score (nSPS) is 20.6. The smallest absolute Gasteiger partial charge is 0.318 e. The predicted octanol–water partition coefficient (Wildman–Crippen LogP) is 5.32. The maximum Gasteiger partial charge on any atom is 0.318 e. The van der Waals surface area contributed by atoms with E-state index < -0.39 is 0 Å². The zero-order valence-electron chi connectivity index (χ0n) is 29.0. The highest BCUT2D eigenvalue weighted by molar-refractivity contribution is 5.97. The summed E-state index contributed by atoms with van der Waals surface area (Å²) >= 11 is 0. The van der Waals surface area contributed by atoms with Crippen LogP contribution in [-0.4, -0.2) is 96.0 Å². The molecule has 0 radical (unpaired) electrons. The summed E-state index contributed by atoms with van der Waals surface area (Å²) in [5, 5.41) is 21.7. The average Bonchev–Trinajstić information content (AvgIpc) is 3.52. The number of benzene rings is 2. The van der Waals surface area contributed by atoms with Crippen molar-refractivity contribution in [1.29, 1.82) is 5.26 Å². The monoisotopic (exact) mass is 649 g/mol. The van der Waals surface area contributed by atoms with Crippen molar-refractivity contribution in [3.05, 3.63) is 53.2 Å². The summed E-state index contributed by atoms with van der Waals surface area (Å²) in [6.45, 7) is 9.93. The van der Waals surface area contributed by atoms with Crippen molar-refractivity contribution in [3.63, 3.8) is 0 Å². The molecule has 0 amide bonds. The highest BCUT2D eigenvalue weighted by atomic mass is 16.5.